The summed E-state index contributed by atoms with van der Waals surface area (Å²) in [4.78, 5) is 0. The van der Waals surface area contributed by atoms with Crippen LogP contribution in [0.15, 0.2) is 11.6 Å². The summed E-state index contributed by atoms with van der Waals surface area (Å²) in [7, 11) is 0. The highest BCUT2D eigenvalue weighted by Crippen LogP contribution is 2.20. The molecule has 0 bridgehead atoms. The smallest absolute Gasteiger partial charge is 0.0760 e. The molecule has 0 amide bonds. The number of aliphatic hydroxyl groups is 1. The van der Waals surface area contributed by atoms with Crippen LogP contribution in [0.5, 0.6) is 0 Å². The lowest BCUT2D eigenvalue weighted by molar-refractivity contribution is 0.201. The molecule has 1 aliphatic carbocycles. The zero-order valence-corrected chi connectivity index (χ0v) is 4.52. The Kier molecular flexibility index (Phi) is 1.15. The van der Waals surface area contributed by atoms with Crippen LogP contribution in [0.4, 0.5) is 0 Å². The van der Waals surface area contributed by atoms with Gasteiger partial charge in [0.1, 0.15) is 0 Å². The molecule has 0 heterocycles. The zero-order chi connectivity index (χ0) is 5.28. The second-order valence-corrected chi connectivity index (χ2v) is 1.95. The standard InChI is InChI=1S/C6H10O/c1-2-5-3-6(7)4-5/h3,6-7H,2,4H2,1H3. The largest absolute Gasteiger partial charge is 0.389 e. The van der Waals surface area contributed by atoms with Gasteiger partial charge in [0.2, 0.25) is 0 Å². The van der Waals surface area contributed by atoms with Gasteiger partial charge in [-0.25, -0.2) is 0 Å². The molecule has 1 unspecified atom stereocenters. The first-order chi connectivity index (χ1) is 3.33. The van der Waals surface area contributed by atoms with Crippen LogP contribution < -0.4 is 0 Å². The van der Waals surface area contributed by atoms with E-state index in [0.29, 0.717) is 0 Å². The maximum atomic E-state index is 8.67. The molecule has 1 rings (SSSR count). The normalized spacial score (nSPS) is 28.9. The van der Waals surface area contributed by atoms with Gasteiger partial charge in [0.05, 0.1) is 6.10 Å². The van der Waals surface area contributed by atoms with Crippen LogP contribution in [0, 0.1) is 0 Å². The van der Waals surface area contributed by atoms with Gasteiger partial charge in [-0.05, 0) is 12.8 Å². The lowest BCUT2D eigenvalue weighted by Crippen LogP contribution is -2.13. The Hall–Kier alpha value is -0.300. The minimum absolute atomic E-state index is 0.116. The van der Waals surface area contributed by atoms with E-state index in [1.807, 2.05) is 6.08 Å². The Bertz CT molecular complexity index is 94.4. The highest BCUT2D eigenvalue weighted by atomic mass is 16.3. The van der Waals surface area contributed by atoms with Crippen LogP contribution in [-0.4, -0.2) is 11.2 Å². The molecule has 0 saturated carbocycles. The van der Waals surface area contributed by atoms with Crippen LogP contribution in [0.3, 0.4) is 0 Å². The third-order valence-corrected chi connectivity index (χ3v) is 1.35. The maximum absolute atomic E-state index is 8.67. The van der Waals surface area contributed by atoms with Gasteiger partial charge in [0.15, 0.2) is 0 Å². The van der Waals surface area contributed by atoms with Crippen molar-refractivity contribution in [1.82, 2.24) is 0 Å². The summed E-state index contributed by atoms with van der Waals surface area (Å²) in [5, 5.41) is 8.67. The van der Waals surface area contributed by atoms with Gasteiger partial charge in [-0.1, -0.05) is 18.6 Å². The molecule has 0 fully saturated rings. The van der Waals surface area contributed by atoms with E-state index < -0.39 is 0 Å². The van der Waals surface area contributed by atoms with Gasteiger partial charge < -0.3 is 5.11 Å². The van der Waals surface area contributed by atoms with Crippen LogP contribution in [-0.2, 0) is 0 Å². The average Bonchev–Trinajstić information content (AvgIpc) is 1.58. The molecule has 0 spiro atoms. The molecule has 0 radical (unpaired) electrons. The number of hydrogen-bond donors (Lipinski definition) is 1. The van der Waals surface area contributed by atoms with Crippen molar-refractivity contribution in [3.05, 3.63) is 11.6 Å². The van der Waals surface area contributed by atoms with Gasteiger partial charge in [-0.3, -0.25) is 0 Å². The van der Waals surface area contributed by atoms with Crippen molar-refractivity contribution in [3.8, 4) is 0 Å². The SMILES string of the molecule is CCC1=CC(O)C1. The fraction of sp³-hybridized carbons (Fsp3) is 0.667. The average molecular weight is 98.1 g/mol. The second kappa shape index (κ2) is 1.66. The first-order valence-electron chi connectivity index (χ1n) is 2.70. The van der Waals surface area contributed by atoms with Crippen molar-refractivity contribution in [2.45, 2.75) is 25.9 Å². The van der Waals surface area contributed by atoms with Crippen LogP contribution in [0.2, 0.25) is 0 Å². The van der Waals surface area contributed by atoms with Gasteiger partial charge in [-0.15, -0.1) is 0 Å². The summed E-state index contributed by atoms with van der Waals surface area (Å²) in [6.07, 6.45) is 3.82. The molecule has 1 heteroatoms. The summed E-state index contributed by atoms with van der Waals surface area (Å²) >= 11 is 0. The molecular formula is C6H10O. The fourth-order valence-corrected chi connectivity index (χ4v) is 0.769. The van der Waals surface area contributed by atoms with E-state index in [2.05, 4.69) is 6.92 Å². The van der Waals surface area contributed by atoms with E-state index in [1.165, 1.54) is 5.57 Å². The van der Waals surface area contributed by atoms with Crippen molar-refractivity contribution < 1.29 is 5.11 Å². The van der Waals surface area contributed by atoms with E-state index in [-0.39, 0.29) is 6.10 Å². The molecule has 1 nitrogen and oxygen atoms in total. The molecule has 0 aromatic carbocycles. The molecule has 0 aliphatic heterocycles. The molecule has 0 aromatic heterocycles. The first-order valence-corrected chi connectivity index (χ1v) is 2.70. The summed E-state index contributed by atoms with van der Waals surface area (Å²) in [5.74, 6) is 0. The quantitative estimate of drug-likeness (QED) is 0.487. The van der Waals surface area contributed by atoms with E-state index in [0.717, 1.165) is 12.8 Å². The second-order valence-electron chi connectivity index (χ2n) is 1.95. The molecule has 0 saturated heterocycles. The predicted molar refractivity (Wildman–Crippen MR) is 29.0 cm³/mol. The summed E-state index contributed by atoms with van der Waals surface area (Å²) in [5.41, 5.74) is 1.40. The Morgan fingerprint density at radius 2 is 2.57 bits per heavy atom. The van der Waals surface area contributed by atoms with Crippen molar-refractivity contribution in [2.24, 2.45) is 0 Å². The fourth-order valence-electron chi connectivity index (χ4n) is 0.769. The molecule has 1 aliphatic rings. The van der Waals surface area contributed by atoms with Crippen molar-refractivity contribution >= 4 is 0 Å². The van der Waals surface area contributed by atoms with Crippen molar-refractivity contribution in [2.75, 3.05) is 0 Å². The third kappa shape index (κ3) is 0.829. The van der Waals surface area contributed by atoms with Gasteiger partial charge in [0, 0.05) is 0 Å². The van der Waals surface area contributed by atoms with E-state index >= 15 is 0 Å². The van der Waals surface area contributed by atoms with Gasteiger partial charge in [-0.2, -0.15) is 0 Å². The minimum atomic E-state index is -0.116. The number of aliphatic hydroxyl groups excluding tert-OH is 1. The highest BCUT2D eigenvalue weighted by Gasteiger charge is 2.12. The van der Waals surface area contributed by atoms with Crippen molar-refractivity contribution in [1.29, 1.82) is 0 Å². The predicted octanol–water partition coefficient (Wildman–Crippen LogP) is 1.09. The third-order valence-electron chi connectivity index (χ3n) is 1.35. The Morgan fingerprint density at radius 3 is 2.71 bits per heavy atom. The number of hydrogen-bond acceptors (Lipinski definition) is 1. The summed E-state index contributed by atoms with van der Waals surface area (Å²) < 4.78 is 0. The summed E-state index contributed by atoms with van der Waals surface area (Å²) in [6.45, 7) is 2.11. The molecule has 40 valence electrons. The van der Waals surface area contributed by atoms with Crippen LogP contribution in [0.1, 0.15) is 19.8 Å². The first kappa shape index (κ1) is 4.85. The molecule has 0 aromatic rings. The summed E-state index contributed by atoms with van der Waals surface area (Å²) in [6, 6.07) is 0. The maximum Gasteiger partial charge on any atom is 0.0760 e. The Labute approximate surface area is 43.7 Å². The Balaban J connectivity index is 2.35. The van der Waals surface area contributed by atoms with Crippen LogP contribution in [0.25, 0.3) is 0 Å². The van der Waals surface area contributed by atoms with Crippen molar-refractivity contribution in [3.63, 3.8) is 0 Å². The lowest BCUT2D eigenvalue weighted by Gasteiger charge is -2.18. The molecular weight excluding hydrogens is 88.1 g/mol. The molecule has 1 atom stereocenters. The topological polar surface area (TPSA) is 20.2 Å². The zero-order valence-electron chi connectivity index (χ0n) is 4.52. The monoisotopic (exact) mass is 98.1 g/mol. The van der Waals surface area contributed by atoms with Gasteiger partial charge in [0.25, 0.3) is 0 Å². The minimum Gasteiger partial charge on any atom is -0.389 e. The molecule has 7 heavy (non-hydrogen) atoms. The Morgan fingerprint density at radius 1 is 2.00 bits per heavy atom. The van der Waals surface area contributed by atoms with E-state index in [1.54, 1.807) is 0 Å². The highest BCUT2D eigenvalue weighted by molar-refractivity contribution is 5.16. The van der Waals surface area contributed by atoms with Crippen LogP contribution >= 0.6 is 0 Å². The van der Waals surface area contributed by atoms with E-state index in [9.17, 15) is 0 Å². The van der Waals surface area contributed by atoms with Gasteiger partial charge >= 0.3 is 0 Å². The van der Waals surface area contributed by atoms with E-state index in [4.69, 9.17) is 5.11 Å². The molecule has 1 N–H and O–H groups in total. The number of rotatable bonds is 1. The lowest BCUT2D eigenvalue weighted by atomic mass is 9.94.